The molecule has 1 aromatic carbocycles. The Morgan fingerprint density at radius 1 is 1.05 bits per heavy atom. The van der Waals surface area contributed by atoms with Crippen LogP contribution in [0.15, 0.2) is 53.5 Å². The first-order valence-corrected chi connectivity index (χ1v) is 13.6. The average molecular weight is 569 g/mol. The first-order chi connectivity index (χ1) is 19.3. The minimum atomic E-state index is -4.51. The number of hydrogen-bond acceptors (Lipinski definition) is 7. The minimum absolute atomic E-state index is 0.158. The van der Waals surface area contributed by atoms with Gasteiger partial charge in [0.05, 0.1) is 5.69 Å². The van der Waals surface area contributed by atoms with Gasteiger partial charge in [0.2, 0.25) is 5.95 Å². The van der Waals surface area contributed by atoms with Crippen molar-refractivity contribution in [3.63, 3.8) is 0 Å². The van der Waals surface area contributed by atoms with Crippen LogP contribution in [-0.4, -0.2) is 68.6 Å². The molecule has 1 fully saturated rings. The molecule has 1 aliphatic heterocycles. The van der Waals surface area contributed by atoms with Gasteiger partial charge in [0.1, 0.15) is 10.8 Å². The lowest BCUT2D eigenvalue weighted by Gasteiger charge is -2.27. The Kier molecular flexibility index (Phi) is 7.31. The van der Waals surface area contributed by atoms with Gasteiger partial charge in [-0.3, -0.25) is 4.79 Å². The van der Waals surface area contributed by atoms with Crippen LogP contribution in [0.4, 0.5) is 30.5 Å². The lowest BCUT2D eigenvalue weighted by molar-refractivity contribution is -0.181. The van der Waals surface area contributed by atoms with Crippen molar-refractivity contribution < 1.29 is 13.2 Å². The van der Waals surface area contributed by atoms with Crippen LogP contribution in [0.5, 0.6) is 0 Å². The van der Waals surface area contributed by atoms with Gasteiger partial charge in [0.25, 0.3) is 5.56 Å². The molecule has 5 rings (SSSR count). The predicted molar refractivity (Wildman–Crippen MR) is 154 cm³/mol. The third-order valence-corrected chi connectivity index (χ3v) is 7.80. The van der Waals surface area contributed by atoms with Crippen molar-refractivity contribution in [2.24, 2.45) is 0 Å². The fourth-order valence-corrected chi connectivity index (χ4v) is 5.06. The molecule has 0 radical (unpaired) electrons. The zero-order chi connectivity index (χ0) is 29.7. The van der Waals surface area contributed by atoms with Crippen LogP contribution >= 0.6 is 0 Å². The first kappa shape index (κ1) is 28.6. The molecule has 1 N–H and O–H groups in total. The van der Waals surface area contributed by atoms with E-state index in [1.807, 2.05) is 38.1 Å². The molecule has 0 saturated carbocycles. The van der Waals surface area contributed by atoms with Crippen LogP contribution in [-0.2, 0) is 5.41 Å². The number of fused-ring (bicyclic) bond motifs is 1. The van der Waals surface area contributed by atoms with Gasteiger partial charge < -0.3 is 15.1 Å². The normalized spacial score (nSPS) is 16.4. The summed E-state index contributed by atoms with van der Waals surface area (Å²) in [6, 6.07) is 12.6. The van der Waals surface area contributed by atoms with E-state index in [-0.39, 0.29) is 40.1 Å². The van der Waals surface area contributed by atoms with Gasteiger partial charge >= 0.3 is 6.18 Å². The summed E-state index contributed by atoms with van der Waals surface area (Å²) in [6.45, 7) is 7.77. The standard InChI is InChI=1S/C29H35F3N8O/c1-18(2)39-26(41)22-16-33-27(34-19-10-12-20(13-11-19)38-15-14-21(17-38)37(5)6)36-25(22)40(39)24-9-7-8-23(35-24)28(3,4)29(30,31)32/h7-13,16,18,21H,14-15,17H2,1-6H3,(H,33,34,36). The molecule has 41 heavy (non-hydrogen) atoms. The van der Waals surface area contributed by atoms with Gasteiger partial charge in [-0.2, -0.15) is 18.2 Å². The zero-order valence-electron chi connectivity index (χ0n) is 24.1. The van der Waals surface area contributed by atoms with Gasteiger partial charge in [0.15, 0.2) is 11.5 Å². The molecule has 4 aromatic rings. The van der Waals surface area contributed by atoms with Gasteiger partial charge in [-0.15, -0.1) is 0 Å². The highest BCUT2D eigenvalue weighted by Gasteiger charge is 2.49. The second kappa shape index (κ2) is 10.5. The molecule has 3 aromatic heterocycles. The largest absolute Gasteiger partial charge is 0.399 e. The van der Waals surface area contributed by atoms with Crippen LogP contribution in [0.1, 0.15) is 45.9 Å². The number of anilines is 3. The van der Waals surface area contributed by atoms with E-state index < -0.39 is 11.6 Å². The summed E-state index contributed by atoms with van der Waals surface area (Å²) in [5.74, 6) is 0.414. The molecule has 4 heterocycles. The SMILES string of the molecule is CC(C)n1c(=O)c2cnc(Nc3ccc(N4CCC(N(C)C)C4)cc3)nc2n1-c1cccc(C(C)(C)C(F)(F)F)n1. The number of alkyl halides is 3. The van der Waals surface area contributed by atoms with Crippen molar-refractivity contribution in [3.05, 3.63) is 64.7 Å². The molecule has 0 amide bonds. The van der Waals surface area contributed by atoms with Crippen LogP contribution in [0.25, 0.3) is 16.9 Å². The number of likely N-dealkylation sites (N-methyl/N-ethyl adjacent to an activating group) is 1. The summed E-state index contributed by atoms with van der Waals surface area (Å²) in [7, 11) is 4.20. The summed E-state index contributed by atoms with van der Waals surface area (Å²) in [5.41, 5.74) is -0.554. The molecule has 12 heteroatoms. The summed E-state index contributed by atoms with van der Waals surface area (Å²) in [4.78, 5) is 31.3. The highest BCUT2D eigenvalue weighted by molar-refractivity contribution is 5.77. The molecule has 1 atom stereocenters. The van der Waals surface area contributed by atoms with E-state index in [1.165, 1.54) is 27.7 Å². The number of nitrogens with one attached hydrogen (secondary N) is 1. The Hall–Kier alpha value is -3.93. The molecular formula is C29H35F3N8O. The number of benzene rings is 1. The predicted octanol–water partition coefficient (Wildman–Crippen LogP) is 5.28. The van der Waals surface area contributed by atoms with E-state index in [1.54, 1.807) is 6.07 Å². The molecule has 0 bridgehead atoms. The van der Waals surface area contributed by atoms with Crippen LogP contribution in [0.3, 0.4) is 0 Å². The first-order valence-electron chi connectivity index (χ1n) is 13.6. The molecule has 1 unspecified atom stereocenters. The number of aromatic nitrogens is 5. The van der Waals surface area contributed by atoms with Crippen molar-refractivity contribution >= 4 is 28.4 Å². The van der Waals surface area contributed by atoms with Crippen LogP contribution < -0.4 is 15.8 Å². The van der Waals surface area contributed by atoms with E-state index in [0.717, 1.165) is 44.7 Å². The Labute approximate surface area is 236 Å². The fourth-order valence-electron chi connectivity index (χ4n) is 5.06. The number of hydrogen-bond donors (Lipinski definition) is 1. The molecule has 218 valence electrons. The maximum absolute atomic E-state index is 13.8. The maximum Gasteiger partial charge on any atom is 0.399 e. The lowest BCUT2D eigenvalue weighted by Crippen LogP contribution is -2.37. The quantitative estimate of drug-likeness (QED) is 0.325. The Morgan fingerprint density at radius 2 is 1.76 bits per heavy atom. The molecule has 1 saturated heterocycles. The van der Waals surface area contributed by atoms with E-state index in [2.05, 4.69) is 44.2 Å². The second-order valence-electron chi connectivity index (χ2n) is 11.5. The lowest BCUT2D eigenvalue weighted by atomic mass is 9.88. The van der Waals surface area contributed by atoms with Gasteiger partial charge in [-0.05, 0) is 84.6 Å². The average Bonchev–Trinajstić information content (AvgIpc) is 3.52. The summed E-state index contributed by atoms with van der Waals surface area (Å²) in [6.07, 6.45) is -1.96. The molecule has 1 aliphatic rings. The Balaban J connectivity index is 1.50. The van der Waals surface area contributed by atoms with E-state index in [0.29, 0.717) is 6.04 Å². The van der Waals surface area contributed by atoms with Gasteiger partial charge in [0, 0.05) is 42.7 Å². The van der Waals surface area contributed by atoms with E-state index >= 15 is 0 Å². The molecule has 9 nitrogen and oxygen atoms in total. The van der Waals surface area contributed by atoms with Gasteiger partial charge in [-0.1, -0.05) is 6.07 Å². The number of pyridine rings is 1. The van der Waals surface area contributed by atoms with Crippen molar-refractivity contribution in [2.75, 3.05) is 37.4 Å². The summed E-state index contributed by atoms with van der Waals surface area (Å²) < 4.78 is 44.3. The third kappa shape index (κ3) is 5.28. The minimum Gasteiger partial charge on any atom is -0.370 e. The van der Waals surface area contributed by atoms with E-state index in [9.17, 15) is 18.0 Å². The fraction of sp³-hybridized carbons (Fsp3) is 0.448. The summed E-state index contributed by atoms with van der Waals surface area (Å²) >= 11 is 0. The third-order valence-electron chi connectivity index (χ3n) is 7.80. The highest BCUT2D eigenvalue weighted by atomic mass is 19.4. The second-order valence-corrected chi connectivity index (χ2v) is 11.5. The van der Waals surface area contributed by atoms with Crippen molar-refractivity contribution in [1.82, 2.24) is 29.2 Å². The topological polar surface area (TPSA) is 84.1 Å². The van der Waals surface area contributed by atoms with Crippen LogP contribution in [0, 0.1) is 0 Å². The zero-order valence-corrected chi connectivity index (χ0v) is 24.1. The number of halogens is 3. The smallest absolute Gasteiger partial charge is 0.370 e. The summed E-state index contributed by atoms with van der Waals surface area (Å²) in [5, 5.41) is 3.43. The van der Waals surface area contributed by atoms with Crippen molar-refractivity contribution in [1.29, 1.82) is 0 Å². The van der Waals surface area contributed by atoms with Gasteiger partial charge in [-0.25, -0.2) is 19.3 Å². The Morgan fingerprint density at radius 3 is 2.37 bits per heavy atom. The Bertz CT molecular complexity index is 1610. The van der Waals surface area contributed by atoms with Crippen LogP contribution in [0.2, 0.25) is 0 Å². The van der Waals surface area contributed by atoms with E-state index in [4.69, 9.17) is 0 Å². The molecule has 0 spiro atoms. The number of nitrogens with zero attached hydrogens (tertiary/aromatic N) is 7. The number of rotatable bonds is 7. The highest BCUT2D eigenvalue weighted by Crippen LogP contribution is 2.39. The van der Waals surface area contributed by atoms with Crippen molar-refractivity contribution in [2.45, 2.75) is 57.8 Å². The molecule has 0 aliphatic carbocycles. The maximum atomic E-state index is 13.8. The monoisotopic (exact) mass is 568 g/mol. The molecular weight excluding hydrogens is 533 g/mol. The van der Waals surface area contributed by atoms with Crippen molar-refractivity contribution in [3.8, 4) is 5.82 Å².